The molecule has 0 heterocycles. The fraction of sp³-hybridized carbons (Fsp3) is 0.417. The van der Waals surface area contributed by atoms with Crippen LogP contribution in [-0.4, -0.2) is 38.7 Å². The molecule has 0 aliphatic rings. The normalized spacial score (nSPS) is 13.2. The van der Waals surface area contributed by atoms with Crippen molar-refractivity contribution in [3.05, 3.63) is 28.2 Å². The molecule has 0 fully saturated rings. The molecule has 6 nitrogen and oxygen atoms in total. The Labute approximate surface area is 126 Å². The van der Waals surface area contributed by atoms with E-state index in [0.717, 1.165) is 0 Å². The Bertz CT molecular complexity index is 588. The third-order valence-corrected chi connectivity index (χ3v) is 4.88. The maximum absolute atomic E-state index is 12.1. The molecule has 1 aromatic rings. The molecule has 2 N–H and O–H groups in total. The SMILES string of the molecule is CCOC(C)CNS(=O)(=O)c1ccc(C(=O)O)cc1Br. The quantitative estimate of drug-likeness (QED) is 0.768. The summed E-state index contributed by atoms with van der Waals surface area (Å²) >= 11 is 3.08. The largest absolute Gasteiger partial charge is 0.478 e. The number of aromatic carboxylic acids is 1. The van der Waals surface area contributed by atoms with E-state index in [1.165, 1.54) is 18.2 Å². The van der Waals surface area contributed by atoms with Crippen molar-refractivity contribution >= 4 is 31.9 Å². The van der Waals surface area contributed by atoms with Crippen LogP contribution in [0.2, 0.25) is 0 Å². The lowest BCUT2D eigenvalue weighted by Gasteiger charge is -2.13. The second-order valence-electron chi connectivity index (χ2n) is 4.07. The van der Waals surface area contributed by atoms with E-state index in [0.29, 0.717) is 6.61 Å². The standard InChI is InChI=1S/C12H16BrNO5S/c1-3-19-8(2)7-14-20(17,18)11-5-4-9(12(15)16)6-10(11)13/h4-6,8,14H,3,7H2,1-2H3,(H,15,16). The number of benzene rings is 1. The predicted octanol–water partition coefficient (Wildman–Crippen LogP) is 1.85. The van der Waals surface area contributed by atoms with Gasteiger partial charge in [-0.05, 0) is 48.0 Å². The number of nitrogens with one attached hydrogen (secondary N) is 1. The number of hydrogen-bond acceptors (Lipinski definition) is 4. The van der Waals surface area contributed by atoms with E-state index < -0.39 is 16.0 Å². The van der Waals surface area contributed by atoms with Crippen molar-refractivity contribution < 1.29 is 23.1 Å². The molecule has 1 atom stereocenters. The van der Waals surface area contributed by atoms with Crippen LogP contribution in [0.15, 0.2) is 27.6 Å². The Kier molecular flexibility index (Phi) is 6.12. The van der Waals surface area contributed by atoms with Crippen molar-refractivity contribution in [1.29, 1.82) is 0 Å². The fourth-order valence-corrected chi connectivity index (χ4v) is 3.69. The molecule has 1 rings (SSSR count). The molecule has 0 aromatic heterocycles. The highest BCUT2D eigenvalue weighted by Gasteiger charge is 2.19. The molecule has 0 bridgehead atoms. The summed E-state index contributed by atoms with van der Waals surface area (Å²) in [6, 6.07) is 3.75. The first-order valence-corrected chi connectivity index (χ1v) is 8.19. The van der Waals surface area contributed by atoms with Gasteiger partial charge in [0.1, 0.15) is 0 Å². The van der Waals surface area contributed by atoms with Crippen LogP contribution in [0, 0.1) is 0 Å². The van der Waals surface area contributed by atoms with Gasteiger partial charge >= 0.3 is 5.97 Å². The van der Waals surface area contributed by atoms with E-state index in [1.807, 2.05) is 6.92 Å². The van der Waals surface area contributed by atoms with Gasteiger partial charge in [-0.3, -0.25) is 0 Å². The summed E-state index contributed by atoms with van der Waals surface area (Å²) in [6.07, 6.45) is -0.244. The van der Waals surface area contributed by atoms with Crippen LogP contribution < -0.4 is 4.72 Å². The first-order chi connectivity index (χ1) is 9.27. The van der Waals surface area contributed by atoms with Gasteiger partial charge < -0.3 is 9.84 Å². The van der Waals surface area contributed by atoms with E-state index >= 15 is 0 Å². The molecular weight excluding hydrogens is 350 g/mol. The Morgan fingerprint density at radius 1 is 1.50 bits per heavy atom. The van der Waals surface area contributed by atoms with Crippen LogP contribution >= 0.6 is 15.9 Å². The second kappa shape index (κ2) is 7.16. The number of sulfonamides is 1. The monoisotopic (exact) mass is 365 g/mol. The molecule has 0 aliphatic heterocycles. The number of ether oxygens (including phenoxy) is 1. The van der Waals surface area contributed by atoms with Gasteiger partial charge in [0.2, 0.25) is 10.0 Å². The van der Waals surface area contributed by atoms with Gasteiger partial charge in [-0.1, -0.05) is 0 Å². The summed E-state index contributed by atoms with van der Waals surface area (Å²) < 4.78 is 32.1. The molecular formula is C12H16BrNO5S. The molecule has 0 spiro atoms. The topological polar surface area (TPSA) is 92.7 Å². The van der Waals surface area contributed by atoms with E-state index in [4.69, 9.17) is 9.84 Å². The molecule has 0 aliphatic carbocycles. The summed E-state index contributed by atoms with van der Waals surface area (Å²) in [6.45, 7) is 4.23. The number of carboxylic acid groups (broad SMARTS) is 1. The first kappa shape index (κ1) is 17.1. The Morgan fingerprint density at radius 3 is 2.65 bits per heavy atom. The van der Waals surface area contributed by atoms with Crippen LogP contribution in [-0.2, 0) is 14.8 Å². The van der Waals surface area contributed by atoms with Crippen LogP contribution in [0.3, 0.4) is 0 Å². The molecule has 0 saturated heterocycles. The van der Waals surface area contributed by atoms with E-state index in [2.05, 4.69) is 20.7 Å². The third-order valence-electron chi connectivity index (χ3n) is 2.48. The minimum atomic E-state index is -3.72. The van der Waals surface area contributed by atoms with Crippen molar-refractivity contribution in [2.24, 2.45) is 0 Å². The lowest BCUT2D eigenvalue weighted by Crippen LogP contribution is -2.32. The highest BCUT2D eigenvalue weighted by Crippen LogP contribution is 2.23. The Morgan fingerprint density at radius 2 is 2.15 bits per heavy atom. The molecule has 1 unspecified atom stereocenters. The fourth-order valence-electron chi connectivity index (χ4n) is 1.50. The van der Waals surface area contributed by atoms with Crippen molar-refractivity contribution in [2.75, 3.05) is 13.2 Å². The van der Waals surface area contributed by atoms with E-state index in [1.54, 1.807) is 6.92 Å². The highest BCUT2D eigenvalue weighted by molar-refractivity contribution is 9.10. The van der Waals surface area contributed by atoms with Crippen LogP contribution in [0.25, 0.3) is 0 Å². The second-order valence-corrected chi connectivity index (χ2v) is 6.66. The molecule has 0 radical (unpaired) electrons. The first-order valence-electron chi connectivity index (χ1n) is 5.92. The van der Waals surface area contributed by atoms with Crippen LogP contribution in [0.1, 0.15) is 24.2 Å². The Balaban J connectivity index is 2.90. The molecule has 112 valence electrons. The molecule has 1 aromatic carbocycles. The molecule has 20 heavy (non-hydrogen) atoms. The lowest BCUT2D eigenvalue weighted by molar-refractivity contribution is 0.0696. The summed E-state index contributed by atoms with van der Waals surface area (Å²) in [5, 5.41) is 8.84. The van der Waals surface area contributed by atoms with E-state index in [-0.39, 0.29) is 27.6 Å². The van der Waals surface area contributed by atoms with Crippen molar-refractivity contribution in [2.45, 2.75) is 24.8 Å². The van der Waals surface area contributed by atoms with Crippen LogP contribution in [0.5, 0.6) is 0 Å². The van der Waals surface area contributed by atoms with Gasteiger partial charge in [-0.25, -0.2) is 17.9 Å². The van der Waals surface area contributed by atoms with Gasteiger partial charge in [0.25, 0.3) is 0 Å². The summed E-state index contributed by atoms with van der Waals surface area (Å²) in [5.41, 5.74) is 0.0125. The maximum Gasteiger partial charge on any atom is 0.335 e. The van der Waals surface area contributed by atoms with Crippen molar-refractivity contribution in [1.82, 2.24) is 4.72 Å². The number of carbonyl (C=O) groups is 1. The number of halogens is 1. The van der Waals surface area contributed by atoms with E-state index in [9.17, 15) is 13.2 Å². The zero-order valence-electron chi connectivity index (χ0n) is 11.1. The lowest BCUT2D eigenvalue weighted by atomic mass is 10.2. The minimum absolute atomic E-state index is 0.00815. The number of rotatable bonds is 7. The van der Waals surface area contributed by atoms with Crippen molar-refractivity contribution in [3.8, 4) is 0 Å². The zero-order chi connectivity index (χ0) is 15.3. The maximum atomic E-state index is 12.1. The summed E-state index contributed by atoms with van der Waals surface area (Å²) in [4.78, 5) is 10.8. The Hall–Kier alpha value is -0.960. The van der Waals surface area contributed by atoms with Gasteiger partial charge in [-0.2, -0.15) is 0 Å². The zero-order valence-corrected chi connectivity index (χ0v) is 13.5. The molecule has 0 amide bonds. The summed E-state index contributed by atoms with van der Waals surface area (Å²) in [5.74, 6) is -1.12. The van der Waals surface area contributed by atoms with Gasteiger partial charge in [0, 0.05) is 17.6 Å². The average Bonchev–Trinajstić information content (AvgIpc) is 2.36. The number of hydrogen-bond donors (Lipinski definition) is 2. The van der Waals surface area contributed by atoms with Gasteiger partial charge in [-0.15, -0.1) is 0 Å². The van der Waals surface area contributed by atoms with Crippen molar-refractivity contribution in [3.63, 3.8) is 0 Å². The molecule has 8 heteroatoms. The predicted molar refractivity (Wildman–Crippen MR) is 77.4 cm³/mol. The smallest absolute Gasteiger partial charge is 0.335 e. The van der Waals surface area contributed by atoms with Crippen LogP contribution in [0.4, 0.5) is 0 Å². The average molecular weight is 366 g/mol. The third kappa shape index (κ3) is 4.55. The highest BCUT2D eigenvalue weighted by atomic mass is 79.9. The number of carboxylic acids is 1. The van der Waals surface area contributed by atoms with Gasteiger partial charge in [0.05, 0.1) is 16.6 Å². The summed E-state index contributed by atoms with van der Waals surface area (Å²) in [7, 11) is -3.72. The van der Waals surface area contributed by atoms with Gasteiger partial charge in [0.15, 0.2) is 0 Å². The molecule has 0 saturated carbocycles. The minimum Gasteiger partial charge on any atom is -0.478 e.